The van der Waals surface area contributed by atoms with Gasteiger partial charge in [-0.2, -0.15) is 0 Å². The van der Waals surface area contributed by atoms with Gasteiger partial charge in [0.15, 0.2) is 0 Å². The van der Waals surface area contributed by atoms with Gasteiger partial charge in [-0.3, -0.25) is 9.59 Å². The lowest BCUT2D eigenvalue weighted by molar-refractivity contribution is -0.135. The zero-order valence-corrected chi connectivity index (χ0v) is 13.6. The molecule has 1 aromatic rings. The van der Waals surface area contributed by atoms with Crippen molar-refractivity contribution in [1.29, 1.82) is 0 Å². The van der Waals surface area contributed by atoms with Crippen molar-refractivity contribution >= 4 is 40.9 Å². The van der Waals surface area contributed by atoms with E-state index in [1.54, 1.807) is 22.7 Å². The number of carbonyl (C=O) groups excluding carboxylic acids is 2. The van der Waals surface area contributed by atoms with Gasteiger partial charge in [0.25, 0.3) is 0 Å². The van der Waals surface area contributed by atoms with E-state index in [2.05, 4.69) is 5.32 Å². The Kier molecular flexibility index (Phi) is 3.66. The van der Waals surface area contributed by atoms with Crippen LogP contribution < -0.4 is 5.32 Å². The molecule has 2 atom stereocenters. The molecule has 0 saturated carbocycles. The fourth-order valence-corrected chi connectivity index (χ4v) is 4.67. The molecule has 0 aliphatic carbocycles. The summed E-state index contributed by atoms with van der Waals surface area (Å²) < 4.78 is 0. The lowest BCUT2D eigenvalue weighted by atomic mass is 10.2. The third-order valence-electron chi connectivity index (χ3n) is 4.13. The monoisotopic (exact) mass is 324 g/mol. The van der Waals surface area contributed by atoms with Gasteiger partial charge in [-0.1, -0.05) is 17.7 Å². The molecule has 1 N–H and O–H groups in total. The van der Waals surface area contributed by atoms with E-state index in [4.69, 9.17) is 11.6 Å². The topological polar surface area (TPSA) is 49.4 Å². The van der Waals surface area contributed by atoms with Crippen LogP contribution in [0, 0.1) is 6.92 Å². The number of hydrogen-bond acceptors (Lipinski definition) is 3. The fourth-order valence-electron chi connectivity index (χ4n) is 2.95. The number of amides is 2. The predicted octanol–water partition coefficient (Wildman–Crippen LogP) is 3.04. The van der Waals surface area contributed by atoms with E-state index < -0.39 is 6.04 Å². The Balaban J connectivity index is 1.78. The summed E-state index contributed by atoms with van der Waals surface area (Å²) in [6.07, 6.45) is 1.34. The number of anilines is 1. The van der Waals surface area contributed by atoms with Crippen LogP contribution in [-0.4, -0.2) is 33.4 Å². The summed E-state index contributed by atoms with van der Waals surface area (Å²) in [5.74, 6) is 0.544. The van der Waals surface area contributed by atoms with Crippen molar-refractivity contribution in [1.82, 2.24) is 4.90 Å². The Hall–Kier alpha value is -1.20. The summed E-state index contributed by atoms with van der Waals surface area (Å²) in [6, 6.07) is 5.09. The normalized spacial score (nSPS) is 27.9. The zero-order chi connectivity index (χ0) is 15.2. The number of hydrogen-bond donors (Lipinski definition) is 1. The van der Waals surface area contributed by atoms with E-state index in [0.29, 0.717) is 22.9 Å². The van der Waals surface area contributed by atoms with Crippen LogP contribution in [0.1, 0.15) is 25.3 Å². The highest BCUT2D eigenvalue weighted by Crippen LogP contribution is 2.47. The molecule has 2 aliphatic heterocycles. The number of fused-ring (bicyclic) bond motifs is 1. The van der Waals surface area contributed by atoms with Crippen molar-refractivity contribution < 1.29 is 9.59 Å². The summed E-state index contributed by atoms with van der Waals surface area (Å²) in [7, 11) is 0. The molecular formula is C15H17ClN2O2S. The second kappa shape index (κ2) is 5.21. The first kappa shape index (κ1) is 14.7. The molecule has 2 amide bonds. The molecule has 0 unspecified atom stereocenters. The number of nitrogens with one attached hydrogen (secondary N) is 1. The van der Waals surface area contributed by atoms with Gasteiger partial charge in [0, 0.05) is 12.2 Å². The van der Waals surface area contributed by atoms with Crippen LogP contribution in [0.25, 0.3) is 0 Å². The maximum Gasteiger partial charge on any atom is 0.248 e. The van der Waals surface area contributed by atoms with Crippen molar-refractivity contribution in [3.8, 4) is 0 Å². The first-order valence-electron chi connectivity index (χ1n) is 6.94. The average molecular weight is 325 g/mol. The molecule has 6 heteroatoms. The third kappa shape index (κ3) is 2.53. The Bertz CT molecular complexity index is 622. The quantitative estimate of drug-likeness (QED) is 0.909. The van der Waals surface area contributed by atoms with Crippen LogP contribution in [0.2, 0.25) is 5.02 Å². The smallest absolute Gasteiger partial charge is 0.248 e. The molecule has 2 fully saturated rings. The molecule has 112 valence electrons. The first-order valence-corrected chi connectivity index (χ1v) is 8.30. The minimum absolute atomic E-state index is 0.0673. The van der Waals surface area contributed by atoms with Gasteiger partial charge in [-0.25, -0.2) is 0 Å². The van der Waals surface area contributed by atoms with Gasteiger partial charge in [0.2, 0.25) is 11.8 Å². The number of nitrogens with zero attached hydrogens (tertiary/aromatic N) is 1. The molecule has 4 nitrogen and oxygen atoms in total. The summed E-state index contributed by atoms with van der Waals surface area (Å²) >= 11 is 7.83. The summed E-state index contributed by atoms with van der Waals surface area (Å²) in [6.45, 7) is 3.98. The maximum absolute atomic E-state index is 12.5. The predicted molar refractivity (Wildman–Crippen MR) is 85.5 cm³/mol. The second-order valence-electron chi connectivity index (χ2n) is 5.74. The molecule has 2 heterocycles. The van der Waals surface area contributed by atoms with Crippen LogP contribution in [0.5, 0.6) is 0 Å². The van der Waals surface area contributed by atoms with Crippen molar-refractivity contribution in [2.75, 3.05) is 11.1 Å². The number of halogens is 1. The van der Waals surface area contributed by atoms with Crippen LogP contribution in [-0.2, 0) is 9.59 Å². The SMILES string of the molecule is Cc1ccc(NC(=O)[C@@H]2CS[C@@]3(C)CCC(=O)N23)c(Cl)c1. The lowest BCUT2D eigenvalue weighted by Gasteiger charge is -2.29. The molecule has 2 saturated heterocycles. The number of thioether (sulfide) groups is 1. The van der Waals surface area contributed by atoms with Gasteiger partial charge in [-0.05, 0) is 38.0 Å². The van der Waals surface area contributed by atoms with Gasteiger partial charge in [0.05, 0.1) is 15.6 Å². The highest BCUT2D eigenvalue weighted by molar-refractivity contribution is 8.01. The highest BCUT2D eigenvalue weighted by atomic mass is 35.5. The number of carbonyl (C=O) groups is 2. The van der Waals surface area contributed by atoms with Crippen LogP contribution in [0.15, 0.2) is 18.2 Å². The number of benzene rings is 1. The molecule has 2 aliphatic rings. The van der Waals surface area contributed by atoms with Crippen molar-refractivity contribution in [3.63, 3.8) is 0 Å². The fraction of sp³-hybridized carbons (Fsp3) is 0.467. The highest BCUT2D eigenvalue weighted by Gasteiger charge is 2.52. The van der Waals surface area contributed by atoms with Gasteiger partial charge < -0.3 is 10.2 Å². The number of aryl methyl sites for hydroxylation is 1. The zero-order valence-electron chi connectivity index (χ0n) is 12.0. The minimum Gasteiger partial charge on any atom is -0.323 e. The summed E-state index contributed by atoms with van der Waals surface area (Å²) in [4.78, 5) is 26.1. The first-order chi connectivity index (χ1) is 9.90. The van der Waals surface area contributed by atoms with E-state index in [1.807, 2.05) is 26.0 Å². The van der Waals surface area contributed by atoms with E-state index in [9.17, 15) is 9.59 Å². The molecule has 3 rings (SSSR count). The summed E-state index contributed by atoms with van der Waals surface area (Å²) in [5.41, 5.74) is 1.63. The summed E-state index contributed by atoms with van der Waals surface area (Å²) in [5, 5.41) is 3.37. The van der Waals surface area contributed by atoms with E-state index in [0.717, 1.165) is 12.0 Å². The molecule has 1 aromatic carbocycles. The van der Waals surface area contributed by atoms with Crippen LogP contribution in [0.3, 0.4) is 0 Å². The van der Waals surface area contributed by atoms with Crippen molar-refractivity contribution in [2.24, 2.45) is 0 Å². The van der Waals surface area contributed by atoms with Crippen molar-refractivity contribution in [2.45, 2.75) is 37.6 Å². The average Bonchev–Trinajstić information content (AvgIpc) is 2.90. The second-order valence-corrected chi connectivity index (χ2v) is 7.65. The Labute approximate surface area is 133 Å². The lowest BCUT2D eigenvalue weighted by Crippen LogP contribution is -2.48. The van der Waals surface area contributed by atoms with Gasteiger partial charge in [-0.15, -0.1) is 11.8 Å². The molecule has 0 bridgehead atoms. The van der Waals surface area contributed by atoms with E-state index in [-0.39, 0.29) is 16.7 Å². The molecule has 0 spiro atoms. The molecule has 0 aromatic heterocycles. The Morgan fingerprint density at radius 1 is 1.52 bits per heavy atom. The Morgan fingerprint density at radius 3 is 3.00 bits per heavy atom. The maximum atomic E-state index is 12.5. The standard InChI is InChI=1S/C15H17ClN2O2S/c1-9-3-4-11(10(16)7-9)17-14(20)12-8-21-15(2)6-5-13(19)18(12)15/h3-4,7,12H,5-6,8H2,1-2H3,(H,17,20)/t12-,15-/m0/s1. The van der Waals surface area contributed by atoms with Gasteiger partial charge in [0.1, 0.15) is 6.04 Å². The molecular weight excluding hydrogens is 308 g/mol. The largest absolute Gasteiger partial charge is 0.323 e. The molecule has 0 radical (unpaired) electrons. The van der Waals surface area contributed by atoms with E-state index in [1.165, 1.54) is 0 Å². The van der Waals surface area contributed by atoms with Crippen LogP contribution >= 0.6 is 23.4 Å². The van der Waals surface area contributed by atoms with Crippen molar-refractivity contribution in [3.05, 3.63) is 28.8 Å². The van der Waals surface area contributed by atoms with Crippen LogP contribution in [0.4, 0.5) is 5.69 Å². The Morgan fingerprint density at radius 2 is 2.29 bits per heavy atom. The molecule has 21 heavy (non-hydrogen) atoms. The number of rotatable bonds is 2. The third-order valence-corrected chi connectivity index (χ3v) is 5.95. The van der Waals surface area contributed by atoms with E-state index >= 15 is 0 Å². The minimum atomic E-state index is -0.410. The van der Waals surface area contributed by atoms with Gasteiger partial charge >= 0.3 is 0 Å².